The van der Waals surface area contributed by atoms with E-state index in [0.29, 0.717) is 25.1 Å². The summed E-state index contributed by atoms with van der Waals surface area (Å²) in [6.07, 6.45) is 2.05. The topological polar surface area (TPSA) is 73.0 Å². The van der Waals surface area contributed by atoms with Crippen LogP contribution in [0.15, 0.2) is 17.1 Å². The second kappa shape index (κ2) is 6.46. The quantitative estimate of drug-likeness (QED) is 0.801. The average molecular weight is 384 g/mol. The van der Waals surface area contributed by atoms with Crippen LogP contribution >= 0.6 is 11.6 Å². The number of halogens is 3. The Bertz CT molecular complexity index is 922. The van der Waals surface area contributed by atoms with Gasteiger partial charge in [-0.25, -0.2) is 18.3 Å². The summed E-state index contributed by atoms with van der Waals surface area (Å²) in [6.45, 7) is -0.0278. The maximum absolute atomic E-state index is 14.0. The first-order chi connectivity index (χ1) is 12.4. The zero-order chi connectivity index (χ0) is 18.4. The molecule has 2 aliphatic rings. The fourth-order valence-corrected chi connectivity index (χ4v) is 3.53. The maximum Gasteiger partial charge on any atom is 0.347 e. The van der Waals surface area contributed by atoms with Gasteiger partial charge in [0.05, 0.1) is 30.4 Å². The highest BCUT2D eigenvalue weighted by Gasteiger charge is 2.38. The predicted octanol–water partition coefficient (Wildman–Crippen LogP) is 1.34. The molecule has 7 nitrogen and oxygen atoms in total. The lowest BCUT2D eigenvalue weighted by molar-refractivity contribution is -0.142. The summed E-state index contributed by atoms with van der Waals surface area (Å²) in [5.41, 5.74) is -0.454. The van der Waals surface area contributed by atoms with Gasteiger partial charge >= 0.3 is 5.69 Å². The van der Waals surface area contributed by atoms with Crippen LogP contribution in [0.5, 0.6) is 0 Å². The first-order valence-electron chi connectivity index (χ1n) is 8.35. The third-order valence-electron chi connectivity index (χ3n) is 4.75. The second-order valence-corrected chi connectivity index (χ2v) is 6.99. The highest BCUT2D eigenvalue weighted by Crippen LogP contribution is 2.26. The lowest BCUT2D eigenvalue weighted by Crippen LogP contribution is -2.54. The van der Waals surface area contributed by atoms with E-state index in [1.807, 2.05) is 0 Å². The molecule has 0 saturated carbocycles. The molecule has 0 N–H and O–H groups in total. The molecule has 0 aromatic carbocycles. The van der Waals surface area contributed by atoms with Gasteiger partial charge in [0.2, 0.25) is 5.91 Å². The lowest BCUT2D eigenvalue weighted by Gasteiger charge is -2.37. The fraction of sp³-hybridized carbons (Fsp3) is 0.500. The van der Waals surface area contributed by atoms with E-state index in [4.69, 9.17) is 11.6 Å². The first kappa shape index (κ1) is 17.1. The van der Waals surface area contributed by atoms with Gasteiger partial charge in [-0.1, -0.05) is 11.6 Å². The van der Waals surface area contributed by atoms with Crippen molar-refractivity contribution < 1.29 is 13.6 Å². The summed E-state index contributed by atoms with van der Waals surface area (Å²) in [7, 11) is 0. The molecular formula is C16H16ClF2N5O2. The SMILES string of the molecule is O=C([C@@H]1CCCc2nn(Cc3ncc(Cl)cc3F)c(=O)n21)N1CC(F)C1. The van der Waals surface area contributed by atoms with Crippen molar-refractivity contribution >= 4 is 17.5 Å². The van der Waals surface area contributed by atoms with Crippen LogP contribution < -0.4 is 5.69 Å². The van der Waals surface area contributed by atoms with Gasteiger partial charge in [0.25, 0.3) is 0 Å². The summed E-state index contributed by atoms with van der Waals surface area (Å²) < 4.78 is 29.5. The van der Waals surface area contributed by atoms with Gasteiger partial charge < -0.3 is 4.90 Å². The maximum atomic E-state index is 14.0. The van der Waals surface area contributed by atoms with E-state index in [-0.39, 0.29) is 36.3 Å². The number of aryl methyl sites for hydroxylation is 1. The molecule has 1 saturated heterocycles. The number of hydrogen-bond acceptors (Lipinski definition) is 4. The standard InChI is InChI=1S/C16H16ClF2N5O2/c17-9-4-11(19)12(20-5-9)8-23-16(26)24-13(2-1-3-14(24)21-23)15(25)22-6-10(18)7-22/h4-5,10,13H,1-3,6-8H2/t13-/m0/s1. The number of carbonyl (C=O) groups is 1. The number of nitrogens with zero attached hydrogens (tertiary/aromatic N) is 5. The molecule has 10 heteroatoms. The number of carbonyl (C=O) groups excluding carboxylic acids is 1. The molecule has 2 aromatic rings. The van der Waals surface area contributed by atoms with Gasteiger partial charge in [0.1, 0.15) is 23.9 Å². The monoisotopic (exact) mass is 383 g/mol. The Hall–Kier alpha value is -2.29. The average Bonchev–Trinajstić information content (AvgIpc) is 2.90. The minimum absolute atomic E-state index is 0.0397. The smallest absolute Gasteiger partial charge is 0.335 e. The van der Waals surface area contributed by atoms with Gasteiger partial charge in [0, 0.05) is 12.6 Å². The zero-order valence-electron chi connectivity index (χ0n) is 13.7. The van der Waals surface area contributed by atoms with Crippen LogP contribution in [-0.2, 0) is 17.8 Å². The number of likely N-dealkylation sites (tertiary alicyclic amines) is 1. The summed E-state index contributed by atoms with van der Waals surface area (Å²) in [5.74, 6) is -0.416. The molecule has 1 amide bonds. The molecule has 1 fully saturated rings. The third kappa shape index (κ3) is 2.90. The van der Waals surface area contributed by atoms with Crippen LogP contribution in [0.25, 0.3) is 0 Å². The first-order valence-corrected chi connectivity index (χ1v) is 8.73. The molecule has 2 aliphatic heterocycles. The summed E-state index contributed by atoms with van der Waals surface area (Å²) in [5, 5.41) is 4.40. The summed E-state index contributed by atoms with van der Waals surface area (Å²) in [6, 6.07) is 0.435. The minimum Gasteiger partial charge on any atom is -0.335 e. The third-order valence-corrected chi connectivity index (χ3v) is 4.95. The summed E-state index contributed by atoms with van der Waals surface area (Å²) >= 11 is 5.69. The van der Waals surface area contributed by atoms with Crippen LogP contribution in [0.3, 0.4) is 0 Å². The van der Waals surface area contributed by atoms with E-state index in [0.717, 1.165) is 10.7 Å². The van der Waals surface area contributed by atoms with E-state index in [1.54, 1.807) is 0 Å². The molecule has 0 bridgehead atoms. The van der Waals surface area contributed by atoms with Gasteiger partial charge in [-0.15, -0.1) is 0 Å². The molecule has 0 unspecified atom stereocenters. The zero-order valence-corrected chi connectivity index (χ0v) is 14.5. The van der Waals surface area contributed by atoms with Crippen molar-refractivity contribution in [2.45, 2.75) is 38.0 Å². The van der Waals surface area contributed by atoms with E-state index >= 15 is 0 Å². The molecule has 1 atom stereocenters. The molecule has 0 spiro atoms. The molecule has 0 radical (unpaired) electrons. The van der Waals surface area contributed by atoms with Crippen molar-refractivity contribution in [3.63, 3.8) is 0 Å². The minimum atomic E-state index is -1.000. The van der Waals surface area contributed by atoms with E-state index in [9.17, 15) is 18.4 Å². The number of fused-ring (bicyclic) bond motifs is 1. The van der Waals surface area contributed by atoms with Crippen LogP contribution in [-0.4, -0.2) is 49.4 Å². The van der Waals surface area contributed by atoms with Crippen molar-refractivity contribution in [3.8, 4) is 0 Å². The van der Waals surface area contributed by atoms with Gasteiger partial charge in [-0.3, -0.25) is 14.3 Å². The molecular weight excluding hydrogens is 368 g/mol. The molecule has 4 rings (SSSR count). The highest BCUT2D eigenvalue weighted by atomic mass is 35.5. The number of pyridine rings is 1. The predicted molar refractivity (Wildman–Crippen MR) is 88.2 cm³/mol. The molecule has 138 valence electrons. The Morgan fingerprint density at radius 1 is 1.38 bits per heavy atom. The van der Waals surface area contributed by atoms with Crippen LogP contribution in [0.4, 0.5) is 8.78 Å². The van der Waals surface area contributed by atoms with Crippen molar-refractivity contribution in [3.05, 3.63) is 45.1 Å². The highest BCUT2D eigenvalue weighted by molar-refractivity contribution is 6.30. The van der Waals surface area contributed by atoms with Crippen LogP contribution in [0.2, 0.25) is 5.02 Å². The van der Waals surface area contributed by atoms with E-state index < -0.39 is 23.7 Å². The molecule has 2 aromatic heterocycles. The van der Waals surface area contributed by atoms with Gasteiger partial charge in [-0.2, -0.15) is 5.10 Å². The Balaban J connectivity index is 1.64. The summed E-state index contributed by atoms with van der Waals surface area (Å²) in [4.78, 5) is 30.6. The second-order valence-electron chi connectivity index (χ2n) is 6.56. The molecule has 0 aliphatic carbocycles. The Kier molecular flexibility index (Phi) is 4.26. The Labute approximate surface area is 152 Å². The normalized spacial score (nSPS) is 20.0. The van der Waals surface area contributed by atoms with Gasteiger partial charge in [0.15, 0.2) is 0 Å². The van der Waals surface area contributed by atoms with Crippen molar-refractivity contribution in [2.24, 2.45) is 0 Å². The van der Waals surface area contributed by atoms with Crippen LogP contribution in [0, 0.1) is 5.82 Å². The lowest BCUT2D eigenvalue weighted by atomic mass is 10.0. The number of aromatic nitrogens is 4. The van der Waals surface area contributed by atoms with Crippen molar-refractivity contribution in [1.82, 2.24) is 24.2 Å². The number of rotatable bonds is 3. The number of alkyl halides is 1. The fourth-order valence-electron chi connectivity index (χ4n) is 3.38. The Morgan fingerprint density at radius 2 is 2.15 bits per heavy atom. The van der Waals surface area contributed by atoms with Crippen molar-refractivity contribution in [1.29, 1.82) is 0 Å². The molecule has 26 heavy (non-hydrogen) atoms. The largest absolute Gasteiger partial charge is 0.347 e. The van der Waals surface area contributed by atoms with Crippen molar-refractivity contribution in [2.75, 3.05) is 13.1 Å². The van der Waals surface area contributed by atoms with Gasteiger partial charge in [-0.05, 0) is 18.9 Å². The number of amides is 1. The Morgan fingerprint density at radius 3 is 2.85 bits per heavy atom. The van der Waals surface area contributed by atoms with E-state index in [1.165, 1.54) is 15.7 Å². The van der Waals surface area contributed by atoms with E-state index in [2.05, 4.69) is 10.1 Å². The number of hydrogen-bond donors (Lipinski definition) is 0. The molecule has 4 heterocycles. The van der Waals surface area contributed by atoms with Crippen LogP contribution in [0.1, 0.15) is 30.4 Å².